The van der Waals surface area contributed by atoms with E-state index in [1.54, 1.807) is 0 Å². The molecule has 0 radical (unpaired) electrons. The van der Waals surface area contributed by atoms with Crippen molar-refractivity contribution >= 4 is 5.82 Å². The Morgan fingerprint density at radius 3 is 1.94 bits per heavy atom. The first-order valence-corrected chi connectivity index (χ1v) is 4.74. The summed E-state index contributed by atoms with van der Waals surface area (Å²) in [5.41, 5.74) is 3.21. The number of alkyl halides is 3. The van der Waals surface area contributed by atoms with Crippen LogP contribution in [-0.4, -0.2) is 4.98 Å². The maximum atomic E-state index is 13.0. The fourth-order valence-electron chi connectivity index (χ4n) is 1.28. The van der Waals surface area contributed by atoms with Gasteiger partial charge in [0.1, 0.15) is 0 Å². The third-order valence-corrected chi connectivity index (χ3v) is 1.86. The molecule has 0 saturated carbocycles. The van der Waals surface area contributed by atoms with Gasteiger partial charge in [-0.3, -0.25) is 0 Å². The van der Waals surface area contributed by atoms with Gasteiger partial charge >= 0.3 is 6.18 Å². The summed E-state index contributed by atoms with van der Waals surface area (Å²) in [6.45, 7) is 6.18. The van der Waals surface area contributed by atoms with E-state index >= 15 is 0 Å². The van der Waals surface area contributed by atoms with Crippen molar-refractivity contribution in [3.8, 4) is 0 Å². The van der Waals surface area contributed by atoms with Crippen LogP contribution in [0, 0.1) is 19.7 Å². The van der Waals surface area contributed by atoms with Crippen LogP contribution >= 0.6 is 0 Å². The number of nitrogens with zero attached hydrogens (tertiary/aromatic N) is 1. The largest absolute Gasteiger partial charge is 0.418 e. The van der Waals surface area contributed by atoms with Gasteiger partial charge in [0.15, 0.2) is 11.6 Å². The number of anilines is 1. The molecule has 0 aliphatic rings. The summed E-state index contributed by atoms with van der Waals surface area (Å²) in [6.07, 6.45) is -4.60. The molecule has 2 nitrogen and oxygen atoms in total. The van der Waals surface area contributed by atoms with E-state index in [1.807, 2.05) is 13.8 Å². The van der Waals surface area contributed by atoms with Gasteiger partial charge in [-0.1, -0.05) is 13.8 Å². The van der Waals surface area contributed by atoms with E-state index in [1.165, 1.54) is 0 Å². The van der Waals surface area contributed by atoms with Gasteiger partial charge in [0.05, 0.1) is 11.3 Å². The quantitative estimate of drug-likeness (QED) is 0.703. The highest BCUT2D eigenvalue weighted by molar-refractivity contribution is 5.43. The van der Waals surface area contributed by atoms with Crippen LogP contribution in [0.4, 0.5) is 23.4 Å². The predicted molar refractivity (Wildman–Crippen MR) is 54.4 cm³/mol. The molecule has 1 aromatic rings. The van der Waals surface area contributed by atoms with Crippen molar-refractivity contribution in [1.29, 1.82) is 0 Å². The standard InChI is InChI=1S/C8H8F4N2.C2H6/c1-3-5(8(10,11)12)4(2)14-7(13)6(3)9;1-2/h1-2H3,(H2,13,14);1-2H3. The van der Waals surface area contributed by atoms with Crippen molar-refractivity contribution in [2.24, 2.45) is 0 Å². The van der Waals surface area contributed by atoms with Gasteiger partial charge in [0.2, 0.25) is 0 Å². The summed E-state index contributed by atoms with van der Waals surface area (Å²) in [5, 5.41) is 0. The maximum absolute atomic E-state index is 13.0. The zero-order valence-electron chi connectivity index (χ0n) is 9.54. The van der Waals surface area contributed by atoms with Crippen molar-refractivity contribution in [3.05, 3.63) is 22.6 Å². The van der Waals surface area contributed by atoms with Gasteiger partial charge in [-0.15, -0.1) is 0 Å². The third kappa shape index (κ3) is 2.84. The molecule has 2 N–H and O–H groups in total. The molecule has 0 aromatic carbocycles. The van der Waals surface area contributed by atoms with Gasteiger partial charge in [0, 0.05) is 5.56 Å². The van der Waals surface area contributed by atoms with E-state index in [9.17, 15) is 17.6 Å². The fourth-order valence-corrected chi connectivity index (χ4v) is 1.28. The Kier molecular flexibility index (Phi) is 4.71. The molecule has 92 valence electrons. The Morgan fingerprint density at radius 2 is 1.56 bits per heavy atom. The van der Waals surface area contributed by atoms with Crippen molar-refractivity contribution in [2.45, 2.75) is 33.9 Å². The van der Waals surface area contributed by atoms with Gasteiger partial charge in [0.25, 0.3) is 0 Å². The first-order valence-electron chi connectivity index (χ1n) is 4.74. The molecule has 16 heavy (non-hydrogen) atoms. The Bertz CT molecular complexity index is 372. The number of rotatable bonds is 0. The van der Waals surface area contributed by atoms with E-state index in [-0.39, 0.29) is 5.69 Å². The minimum atomic E-state index is -4.60. The molecule has 0 fully saturated rings. The molecule has 0 amide bonds. The molecule has 0 atom stereocenters. The van der Waals surface area contributed by atoms with Crippen LogP contribution in [0.5, 0.6) is 0 Å². The smallest absolute Gasteiger partial charge is 0.381 e. The lowest BCUT2D eigenvalue weighted by Gasteiger charge is -2.13. The van der Waals surface area contributed by atoms with Gasteiger partial charge < -0.3 is 5.73 Å². The lowest BCUT2D eigenvalue weighted by Crippen LogP contribution is -2.14. The van der Waals surface area contributed by atoms with E-state index in [4.69, 9.17) is 5.73 Å². The second kappa shape index (κ2) is 5.14. The molecule has 0 saturated heterocycles. The lowest BCUT2D eigenvalue weighted by atomic mass is 10.1. The number of nitrogens with two attached hydrogens (primary N) is 1. The fraction of sp³-hybridized carbons (Fsp3) is 0.500. The SMILES string of the molecule is CC.Cc1nc(N)c(F)c(C)c1C(F)(F)F. The average molecular weight is 238 g/mol. The van der Waals surface area contributed by atoms with Crippen LogP contribution in [0.1, 0.15) is 30.7 Å². The first-order chi connectivity index (χ1) is 7.25. The molecule has 1 rings (SSSR count). The minimum absolute atomic E-state index is 0.311. The molecule has 1 heterocycles. The molecular weight excluding hydrogens is 224 g/mol. The van der Waals surface area contributed by atoms with E-state index < -0.39 is 28.9 Å². The van der Waals surface area contributed by atoms with Gasteiger partial charge in [-0.05, 0) is 13.8 Å². The van der Waals surface area contributed by atoms with Crippen molar-refractivity contribution in [3.63, 3.8) is 0 Å². The Hall–Kier alpha value is -1.33. The van der Waals surface area contributed by atoms with Crippen molar-refractivity contribution in [2.75, 3.05) is 5.73 Å². The second-order valence-corrected chi connectivity index (χ2v) is 2.89. The predicted octanol–water partition coefficient (Wildman–Crippen LogP) is 3.46. The summed E-state index contributed by atoms with van der Waals surface area (Å²) in [5.74, 6) is -1.61. The lowest BCUT2D eigenvalue weighted by molar-refractivity contribution is -0.138. The number of halogens is 4. The summed E-state index contributed by atoms with van der Waals surface area (Å²) in [7, 11) is 0. The van der Waals surface area contributed by atoms with Crippen LogP contribution in [0.25, 0.3) is 0 Å². The number of hydrogen-bond donors (Lipinski definition) is 1. The van der Waals surface area contributed by atoms with Crippen LogP contribution in [0.2, 0.25) is 0 Å². The van der Waals surface area contributed by atoms with Crippen LogP contribution < -0.4 is 5.73 Å². The van der Waals surface area contributed by atoms with Gasteiger partial charge in [-0.2, -0.15) is 13.2 Å². The Balaban J connectivity index is 0.00000106. The molecule has 0 bridgehead atoms. The first kappa shape index (κ1) is 14.7. The summed E-state index contributed by atoms with van der Waals surface area (Å²) >= 11 is 0. The van der Waals surface area contributed by atoms with E-state index in [0.29, 0.717) is 0 Å². The molecule has 0 aliphatic heterocycles. The number of nitrogen functional groups attached to an aromatic ring is 1. The van der Waals surface area contributed by atoms with Crippen LogP contribution in [0.3, 0.4) is 0 Å². The maximum Gasteiger partial charge on any atom is 0.418 e. The zero-order chi connectivity index (χ0) is 13.1. The number of pyridine rings is 1. The minimum Gasteiger partial charge on any atom is -0.381 e. The van der Waals surface area contributed by atoms with E-state index in [0.717, 1.165) is 13.8 Å². The summed E-state index contributed by atoms with van der Waals surface area (Å²) in [6, 6.07) is 0. The average Bonchev–Trinajstić information content (AvgIpc) is 2.15. The molecular formula is C10H14F4N2. The molecule has 6 heteroatoms. The zero-order valence-corrected chi connectivity index (χ0v) is 9.54. The van der Waals surface area contributed by atoms with Gasteiger partial charge in [-0.25, -0.2) is 9.37 Å². The molecule has 1 aromatic heterocycles. The van der Waals surface area contributed by atoms with E-state index in [2.05, 4.69) is 4.98 Å². The Labute approximate surface area is 91.5 Å². The normalized spacial score (nSPS) is 10.8. The molecule has 0 aliphatic carbocycles. The summed E-state index contributed by atoms with van der Waals surface area (Å²) in [4.78, 5) is 3.28. The topological polar surface area (TPSA) is 38.9 Å². The monoisotopic (exact) mass is 238 g/mol. The third-order valence-electron chi connectivity index (χ3n) is 1.86. The van der Waals surface area contributed by atoms with Crippen molar-refractivity contribution < 1.29 is 17.6 Å². The highest BCUT2D eigenvalue weighted by atomic mass is 19.4. The number of hydrogen-bond acceptors (Lipinski definition) is 2. The molecule has 0 unspecified atom stereocenters. The summed E-state index contributed by atoms with van der Waals surface area (Å²) < 4.78 is 50.1. The van der Waals surface area contributed by atoms with Crippen molar-refractivity contribution in [1.82, 2.24) is 4.98 Å². The van der Waals surface area contributed by atoms with Crippen LogP contribution in [-0.2, 0) is 6.18 Å². The second-order valence-electron chi connectivity index (χ2n) is 2.89. The van der Waals surface area contributed by atoms with Crippen LogP contribution in [0.15, 0.2) is 0 Å². The molecule has 0 spiro atoms. The highest BCUT2D eigenvalue weighted by Gasteiger charge is 2.36. The highest BCUT2D eigenvalue weighted by Crippen LogP contribution is 2.35. The Morgan fingerprint density at radius 1 is 1.12 bits per heavy atom. The number of aromatic nitrogens is 1. The number of aryl methyl sites for hydroxylation is 1.